The van der Waals surface area contributed by atoms with E-state index in [2.05, 4.69) is 10.6 Å². The fourth-order valence-corrected chi connectivity index (χ4v) is 1.25. The summed E-state index contributed by atoms with van der Waals surface area (Å²) in [5, 5.41) is 14.9. The molecule has 0 radical (unpaired) electrons. The maximum absolute atomic E-state index is 12.8. The van der Waals surface area contributed by atoms with Gasteiger partial charge in [-0.3, -0.25) is 4.79 Å². The first-order valence-electron chi connectivity index (χ1n) is 5.06. The normalized spacial score (nSPS) is 10.1. The smallest absolute Gasteiger partial charge is 0.255 e. The molecule has 16 heavy (non-hydrogen) atoms. The summed E-state index contributed by atoms with van der Waals surface area (Å²) < 4.78 is 12.8. The van der Waals surface area contributed by atoms with Crippen LogP contribution in [0.5, 0.6) is 5.75 Å². The molecular formula is C11H15FN2O2. The molecule has 0 aliphatic heterocycles. The van der Waals surface area contributed by atoms with Gasteiger partial charge in [-0.1, -0.05) is 0 Å². The minimum Gasteiger partial charge on any atom is -0.507 e. The topological polar surface area (TPSA) is 61.4 Å². The number of phenolic OH excluding ortho intramolecular Hbond substituents is 1. The summed E-state index contributed by atoms with van der Waals surface area (Å²) in [5.74, 6) is -1.22. The summed E-state index contributed by atoms with van der Waals surface area (Å²) in [6.45, 7) is 1.27. The van der Waals surface area contributed by atoms with E-state index in [0.29, 0.717) is 6.54 Å². The van der Waals surface area contributed by atoms with E-state index in [-0.39, 0.29) is 11.3 Å². The summed E-state index contributed by atoms with van der Waals surface area (Å²) in [7, 11) is 1.82. The number of phenols is 1. The van der Waals surface area contributed by atoms with Crippen LogP contribution in [0.1, 0.15) is 16.8 Å². The molecule has 0 saturated carbocycles. The number of benzene rings is 1. The number of carbonyl (C=O) groups excluding carboxylic acids is 1. The molecule has 0 saturated heterocycles. The molecule has 0 spiro atoms. The van der Waals surface area contributed by atoms with Gasteiger partial charge in [0.25, 0.3) is 5.91 Å². The second kappa shape index (κ2) is 6.07. The largest absolute Gasteiger partial charge is 0.507 e. The summed E-state index contributed by atoms with van der Waals surface area (Å²) in [6.07, 6.45) is 0.776. The summed E-state index contributed by atoms with van der Waals surface area (Å²) >= 11 is 0. The van der Waals surface area contributed by atoms with Crippen molar-refractivity contribution in [1.29, 1.82) is 0 Å². The Morgan fingerprint density at radius 3 is 2.88 bits per heavy atom. The minimum absolute atomic E-state index is 0.0375. The van der Waals surface area contributed by atoms with Crippen molar-refractivity contribution >= 4 is 5.91 Å². The Hall–Kier alpha value is -1.62. The number of aromatic hydroxyl groups is 1. The fourth-order valence-electron chi connectivity index (χ4n) is 1.25. The Balaban J connectivity index is 2.55. The number of rotatable bonds is 5. The molecule has 0 fully saturated rings. The zero-order valence-electron chi connectivity index (χ0n) is 9.09. The number of nitrogens with one attached hydrogen (secondary N) is 2. The zero-order chi connectivity index (χ0) is 12.0. The van der Waals surface area contributed by atoms with E-state index < -0.39 is 11.7 Å². The number of halogens is 1. The predicted molar refractivity (Wildman–Crippen MR) is 58.9 cm³/mol. The van der Waals surface area contributed by atoms with Gasteiger partial charge in [-0.05, 0) is 38.2 Å². The lowest BCUT2D eigenvalue weighted by Gasteiger charge is -2.06. The lowest BCUT2D eigenvalue weighted by atomic mass is 10.2. The molecule has 1 aromatic carbocycles. The van der Waals surface area contributed by atoms with E-state index in [1.165, 1.54) is 0 Å². The minimum atomic E-state index is -0.543. The quantitative estimate of drug-likeness (QED) is 0.653. The number of amides is 1. The van der Waals surface area contributed by atoms with Gasteiger partial charge in [0.05, 0.1) is 5.56 Å². The van der Waals surface area contributed by atoms with Crippen molar-refractivity contribution in [3.63, 3.8) is 0 Å². The first-order chi connectivity index (χ1) is 7.65. The van der Waals surface area contributed by atoms with Crippen molar-refractivity contribution in [2.75, 3.05) is 20.1 Å². The molecule has 5 heteroatoms. The molecule has 3 N–H and O–H groups in total. The zero-order valence-corrected chi connectivity index (χ0v) is 9.09. The third kappa shape index (κ3) is 3.51. The third-order valence-corrected chi connectivity index (χ3v) is 2.09. The maximum Gasteiger partial charge on any atom is 0.255 e. The highest BCUT2D eigenvalue weighted by Gasteiger charge is 2.11. The first kappa shape index (κ1) is 12.4. The monoisotopic (exact) mass is 226 g/mol. The van der Waals surface area contributed by atoms with Crippen LogP contribution in [-0.2, 0) is 0 Å². The second-order valence-corrected chi connectivity index (χ2v) is 3.37. The van der Waals surface area contributed by atoms with Gasteiger partial charge in [0.15, 0.2) is 0 Å². The average Bonchev–Trinajstić information content (AvgIpc) is 2.27. The van der Waals surface area contributed by atoms with Crippen molar-refractivity contribution < 1.29 is 14.3 Å². The number of carbonyl (C=O) groups is 1. The van der Waals surface area contributed by atoms with E-state index in [4.69, 9.17) is 0 Å². The van der Waals surface area contributed by atoms with Gasteiger partial charge in [-0.2, -0.15) is 0 Å². The van der Waals surface area contributed by atoms with Gasteiger partial charge in [-0.25, -0.2) is 4.39 Å². The molecule has 0 aliphatic carbocycles. The Kier molecular flexibility index (Phi) is 4.72. The van der Waals surface area contributed by atoms with E-state index in [0.717, 1.165) is 31.2 Å². The van der Waals surface area contributed by atoms with Crippen LogP contribution < -0.4 is 10.6 Å². The fraction of sp³-hybridized carbons (Fsp3) is 0.364. The van der Waals surface area contributed by atoms with Gasteiger partial charge in [-0.15, -0.1) is 0 Å². The van der Waals surface area contributed by atoms with Crippen LogP contribution in [0.3, 0.4) is 0 Å². The molecule has 0 atom stereocenters. The highest BCUT2D eigenvalue weighted by atomic mass is 19.1. The molecule has 0 aliphatic rings. The molecule has 1 amide bonds. The van der Waals surface area contributed by atoms with Crippen molar-refractivity contribution in [1.82, 2.24) is 10.6 Å². The number of hydrogen-bond acceptors (Lipinski definition) is 3. The van der Waals surface area contributed by atoms with E-state index in [1.807, 2.05) is 7.05 Å². The van der Waals surface area contributed by atoms with Gasteiger partial charge in [0.1, 0.15) is 11.6 Å². The van der Waals surface area contributed by atoms with Crippen LogP contribution in [0.25, 0.3) is 0 Å². The first-order valence-corrected chi connectivity index (χ1v) is 5.06. The lowest BCUT2D eigenvalue weighted by molar-refractivity contribution is 0.0950. The predicted octanol–water partition coefficient (Wildman–Crippen LogP) is 0.871. The van der Waals surface area contributed by atoms with Crippen molar-refractivity contribution in [3.05, 3.63) is 29.6 Å². The molecule has 1 rings (SSSR count). The highest BCUT2D eigenvalue weighted by Crippen LogP contribution is 2.17. The van der Waals surface area contributed by atoms with Gasteiger partial charge in [0, 0.05) is 6.54 Å². The van der Waals surface area contributed by atoms with Crippen molar-refractivity contribution in [2.45, 2.75) is 6.42 Å². The van der Waals surface area contributed by atoms with Crippen LogP contribution in [-0.4, -0.2) is 31.2 Å². The molecule has 0 bridgehead atoms. The Morgan fingerprint density at radius 1 is 1.44 bits per heavy atom. The Morgan fingerprint density at radius 2 is 2.19 bits per heavy atom. The average molecular weight is 226 g/mol. The lowest BCUT2D eigenvalue weighted by Crippen LogP contribution is -2.26. The van der Waals surface area contributed by atoms with E-state index in [1.54, 1.807) is 0 Å². The molecule has 0 aromatic heterocycles. The van der Waals surface area contributed by atoms with Crippen LogP contribution in [0.2, 0.25) is 0 Å². The standard InChI is InChI=1S/C11H15FN2O2/c1-13-5-2-6-14-11(16)9-7-8(12)3-4-10(9)15/h3-4,7,13,15H,2,5-6H2,1H3,(H,14,16). The molecule has 0 unspecified atom stereocenters. The van der Waals surface area contributed by atoms with Gasteiger partial charge >= 0.3 is 0 Å². The Labute approximate surface area is 93.5 Å². The SMILES string of the molecule is CNCCCNC(=O)c1cc(F)ccc1O. The molecule has 4 nitrogen and oxygen atoms in total. The van der Waals surface area contributed by atoms with Crippen LogP contribution >= 0.6 is 0 Å². The van der Waals surface area contributed by atoms with Gasteiger partial charge in [0.2, 0.25) is 0 Å². The van der Waals surface area contributed by atoms with E-state index in [9.17, 15) is 14.3 Å². The summed E-state index contributed by atoms with van der Waals surface area (Å²) in [4.78, 5) is 11.5. The second-order valence-electron chi connectivity index (χ2n) is 3.37. The van der Waals surface area contributed by atoms with Crippen LogP contribution in [0, 0.1) is 5.82 Å². The van der Waals surface area contributed by atoms with Gasteiger partial charge < -0.3 is 15.7 Å². The molecule has 1 aromatic rings. The van der Waals surface area contributed by atoms with Crippen molar-refractivity contribution in [2.24, 2.45) is 0 Å². The third-order valence-electron chi connectivity index (χ3n) is 2.09. The molecule has 0 heterocycles. The van der Waals surface area contributed by atoms with Crippen LogP contribution in [0.15, 0.2) is 18.2 Å². The molecule has 88 valence electrons. The number of hydrogen-bond donors (Lipinski definition) is 3. The summed E-state index contributed by atoms with van der Waals surface area (Å²) in [6, 6.07) is 3.29. The van der Waals surface area contributed by atoms with Crippen molar-refractivity contribution in [3.8, 4) is 5.75 Å². The summed E-state index contributed by atoms with van der Waals surface area (Å²) in [5.41, 5.74) is -0.0375. The van der Waals surface area contributed by atoms with E-state index >= 15 is 0 Å². The maximum atomic E-state index is 12.8. The van der Waals surface area contributed by atoms with Crippen LogP contribution in [0.4, 0.5) is 4.39 Å². The highest BCUT2D eigenvalue weighted by molar-refractivity contribution is 5.96. The molecular weight excluding hydrogens is 211 g/mol. The Bertz CT molecular complexity index is 369.